The van der Waals surface area contributed by atoms with Crippen LogP contribution in [0.15, 0.2) is 29.2 Å². The summed E-state index contributed by atoms with van der Waals surface area (Å²) in [6.45, 7) is -0.148. The van der Waals surface area contributed by atoms with Gasteiger partial charge in [0, 0.05) is 12.6 Å². The Morgan fingerprint density at radius 1 is 1.00 bits per heavy atom. The number of rotatable bonds is 3. The van der Waals surface area contributed by atoms with Gasteiger partial charge < -0.3 is 4.90 Å². The Labute approximate surface area is 175 Å². The van der Waals surface area contributed by atoms with Gasteiger partial charge in [0.1, 0.15) is 0 Å². The SMILES string of the molecule is O=C1CN(S(=O)(=O)c2cccc(C(F)(F)F)c2)CC2(CCCCC2)N1C1CCCC1. The fraction of sp³-hybridized carbons (Fsp3) is 0.667. The second-order valence-electron chi connectivity index (χ2n) is 8.79. The van der Waals surface area contributed by atoms with E-state index in [4.69, 9.17) is 0 Å². The highest BCUT2D eigenvalue weighted by Gasteiger charge is 2.51. The summed E-state index contributed by atoms with van der Waals surface area (Å²) in [4.78, 5) is 14.8. The van der Waals surface area contributed by atoms with Crippen molar-refractivity contribution in [1.29, 1.82) is 0 Å². The summed E-state index contributed by atoms with van der Waals surface area (Å²) in [5, 5.41) is 0. The van der Waals surface area contributed by atoms with Gasteiger partial charge in [0.15, 0.2) is 0 Å². The third kappa shape index (κ3) is 3.86. The molecule has 1 aliphatic heterocycles. The quantitative estimate of drug-likeness (QED) is 0.703. The van der Waals surface area contributed by atoms with Crippen molar-refractivity contribution in [2.75, 3.05) is 13.1 Å². The number of nitrogens with zero attached hydrogens (tertiary/aromatic N) is 2. The zero-order valence-electron chi connectivity index (χ0n) is 16.8. The maximum atomic E-state index is 13.3. The zero-order valence-corrected chi connectivity index (χ0v) is 17.6. The minimum Gasteiger partial charge on any atom is -0.332 e. The number of hydrogen-bond acceptors (Lipinski definition) is 3. The number of hydrogen-bond donors (Lipinski definition) is 0. The Morgan fingerprint density at radius 2 is 1.67 bits per heavy atom. The molecule has 0 unspecified atom stereocenters. The van der Waals surface area contributed by atoms with Crippen molar-refractivity contribution >= 4 is 15.9 Å². The van der Waals surface area contributed by atoms with E-state index in [1.54, 1.807) is 0 Å². The Hall–Kier alpha value is -1.61. The number of sulfonamides is 1. The number of alkyl halides is 3. The number of carbonyl (C=O) groups is 1. The van der Waals surface area contributed by atoms with Crippen LogP contribution in [-0.4, -0.2) is 48.2 Å². The number of halogens is 3. The molecule has 2 saturated carbocycles. The number of carbonyl (C=O) groups excluding carboxylic acids is 1. The normalized spacial score (nSPS) is 24.0. The highest BCUT2D eigenvalue weighted by Crippen LogP contribution is 2.42. The minimum absolute atomic E-state index is 0.147. The lowest BCUT2D eigenvalue weighted by atomic mass is 9.78. The first-order chi connectivity index (χ1) is 14.1. The molecule has 0 atom stereocenters. The lowest BCUT2D eigenvalue weighted by Gasteiger charge is -2.54. The summed E-state index contributed by atoms with van der Waals surface area (Å²) in [6.07, 6.45) is 3.76. The predicted molar refractivity (Wildman–Crippen MR) is 105 cm³/mol. The maximum absolute atomic E-state index is 13.3. The van der Waals surface area contributed by atoms with E-state index in [9.17, 15) is 26.4 Å². The van der Waals surface area contributed by atoms with Crippen LogP contribution in [0.5, 0.6) is 0 Å². The van der Waals surface area contributed by atoms with Gasteiger partial charge in [-0.05, 0) is 43.9 Å². The summed E-state index contributed by atoms with van der Waals surface area (Å²) >= 11 is 0. The third-order valence-electron chi connectivity index (χ3n) is 6.84. The van der Waals surface area contributed by atoms with Gasteiger partial charge in [-0.3, -0.25) is 4.79 Å². The molecule has 1 aromatic rings. The molecule has 1 amide bonds. The molecule has 30 heavy (non-hydrogen) atoms. The fourth-order valence-corrected chi connectivity index (χ4v) is 6.98. The van der Waals surface area contributed by atoms with Crippen LogP contribution in [0.2, 0.25) is 0 Å². The fourth-order valence-electron chi connectivity index (χ4n) is 5.47. The van der Waals surface area contributed by atoms with Crippen LogP contribution < -0.4 is 0 Å². The molecule has 166 valence electrons. The van der Waals surface area contributed by atoms with Crippen LogP contribution in [0.25, 0.3) is 0 Å². The van der Waals surface area contributed by atoms with E-state index < -0.39 is 32.2 Å². The van der Waals surface area contributed by atoms with Crippen molar-refractivity contribution < 1.29 is 26.4 Å². The molecular weight excluding hydrogens is 417 g/mol. The first-order valence-electron chi connectivity index (χ1n) is 10.6. The van der Waals surface area contributed by atoms with E-state index in [1.165, 1.54) is 6.07 Å². The molecule has 3 aliphatic rings. The van der Waals surface area contributed by atoms with Crippen LogP contribution >= 0.6 is 0 Å². The van der Waals surface area contributed by atoms with Gasteiger partial charge in [-0.1, -0.05) is 38.2 Å². The van der Waals surface area contributed by atoms with Crippen molar-refractivity contribution in [3.8, 4) is 0 Å². The number of piperazine rings is 1. The summed E-state index contributed by atoms with van der Waals surface area (Å²) in [5.41, 5.74) is -1.55. The van der Waals surface area contributed by atoms with Gasteiger partial charge >= 0.3 is 6.18 Å². The van der Waals surface area contributed by atoms with E-state index in [2.05, 4.69) is 0 Å². The molecule has 0 bridgehead atoms. The molecule has 5 nitrogen and oxygen atoms in total. The van der Waals surface area contributed by atoms with Gasteiger partial charge in [-0.15, -0.1) is 0 Å². The highest BCUT2D eigenvalue weighted by molar-refractivity contribution is 7.89. The first kappa shape index (κ1) is 21.6. The van der Waals surface area contributed by atoms with Gasteiger partial charge in [0.2, 0.25) is 15.9 Å². The van der Waals surface area contributed by atoms with Crippen molar-refractivity contribution in [2.24, 2.45) is 0 Å². The summed E-state index contributed by atoms with van der Waals surface area (Å²) in [5.74, 6) is -0.217. The lowest BCUT2D eigenvalue weighted by molar-refractivity contribution is -0.150. The van der Waals surface area contributed by atoms with E-state index >= 15 is 0 Å². The Morgan fingerprint density at radius 3 is 2.30 bits per heavy atom. The highest BCUT2D eigenvalue weighted by atomic mass is 32.2. The summed E-state index contributed by atoms with van der Waals surface area (Å²) < 4.78 is 66.9. The zero-order chi connectivity index (χ0) is 21.6. The summed E-state index contributed by atoms with van der Waals surface area (Å²) in [6, 6.07) is 3.94. The second-order valence-corrected chi connectivity index (χ2v) is 10.7. The standard InChI is InChI=1S/C21H27F3N2O3S/c22-21(23,24)16-7-6-10-18(13-16)30(28,29)25-14-19(27)26(17-8-2-3-9-17)20(15-25)11-4-1-5-12-20/h6-7,10,13,17H,1-5,8-9,11-12,14-15H2. The second kappa shape index (κ2) is 7.82. The largest absolute Gasteiger partial charge is 0.416 e. The molecule has 3 fully saturated rings. The van der Waals surface area contributed by atoms with E-state index in [0.29, 0.717) is 6.07 Å². The van der Waals surface area contributed by atoms with Crippen LogP contribution in [-0.2, 0) is 21.0 Å². The van der Waals surface area contributed by atoms with E-state index in [-0.39, 0.29) is 25.0 Å². The van der Waals surface area contributed by atoms with Crippen LogP contribution in [0.4, 0.5) is 13.2 Å². The maximum Gasteiger partial charge on any atom is 0.416 e. The Bertz CT molecular complexity index is 904. The van der Waals surface area contributed by atoms with Gasteiger partial charge in [0.25, 0.3) is 0 Å². The van der Waals surface area contributed by atoms with E-state index in [0.717, 1.165) is 74.2 Å². The molecule has 4 rings (SSSR count). The van der Waals surface area contributed by atoms with Crippen molar-refractivity contribution in [3.63, 3.8) is 0 Å². The molecule has 0 radical (unpaired) electrons. The number of benzene rings is 1. The van der Waals surface area contributed by atoms with Crippen molar-refractivity contribution in [3.05, 3.63) is 29.8 Å². The van der Waals surface area contributed by atoms with Crippen LogP contribution in [0.1, 0.15) is 63.4 Å². The van der Waals surface area contributed by atoms with Crippen LogP contribution in [0.3, 0.4) is 0 Å². The monoisotopic (exact) mass is 444 g/mol. The van der Waals surface area contributed by atoms with Gasteiger partial charge in [-0.25, -0.2) is 8.42 Å². The first-order valence-corrected chi connectivity index (χ1v) is 12.1. The molecule has 1 heterocycles. The van der Waals surface area contributed by atoms with Crippen LogP contribution in [0, 0.1) is 0 Å². The lowest BCUT2D eigenvalue weighted by Crippen LogP contribution is -2.68. The average Bonchev–Trinajstić information content (AvgIpc) is 3.21. The molecular formula is C21H27F3N2O3S. The van der Waals surface area contributed by atoms with E-state index in [1.807, 2.05) is 4.90 Å². The smallest absolute Gasteiger partial charge is 0.332 e. The van der Waals surface area contributed by atoms with Crippen molar-refractivity contribution in [2.45, 2.75) is 80.4 Å². The molecule has 1 saturated heterocycles. The minimum atomic E-state index is -4.63. The van der Waals surface area contributed by atoms with Gasteiger partial charge in [0.05, 0.1) is 22.5 Å². The Balaban J connectivity index is 1.68. The molecule has 2 aliphatic carbocycles. The Kier molecular flexibility index (Phi) is 5.63. The summed E-state index contributed by atoms with van der Waals surface area (Å²) in [7, 11) is -4.21. The molecule has 9 heteroatoms. The average molecular weight is 445 g/mol. The number of amides is 1. The molecule has 0 N–H and O–H groups in total. The third-order valence-corrected chi connectivity index (χ3v) is 8.62. The topological polar surface area (TPSA) is 57.7 Å². The predicted octanol–water partition coefficient (Wildman–Crippen LogP) is 4.18. The van der Waals surface area contributed by atoms with Crippen molar-refractivity contribution in [1.82, 2.24) is 9.21 Å². The van der Waals surface area contributed by atoms with Gasteiger partial charge in [-0.2, -0.15) is 17.5 Å². The molecule has 1 spiro atoms. The molecule has 0 aromatic heterocycles. The molecule has 1 aromatic carbocycles.